The molecule has 3 heteroatoms. The molecular formula is C14H25NO2. The number of fused-ring (bicyclic) bond motifs is 2. The molecule has 2 saturated carbocycles. The van der Waals surface area contributed by atoms with E-state index in [-0.39, 0.29) is 0 Å². The molecule has 0 aromatic carbocycles. The van der Waals surface area contributed by atoms with Crippen molar-refractivity contribution in [3.63, 3.8) is 0 Å². The van der Waals surface area contributed by atoms with Gasteiger partial charge in [0.25, 0.3) is 0 Å². The zero-order valence-corrected chi connectivity index (χ0v) is 10.7. The maximum atomic E-state index is 5.67. The summed E-state index contributed by atoms with van der Waals surface area (Å²) in [4.78, 5) is 0. The van der Waals surface area contributed by atoms with Gasteiger partial charge in [-0.25, -0.2) is 0 Å². The van der Waals surface area contributed by atoms with Gasteiger partial charge in [-0.05, 0) is 43.9 Å². The Balaban J connectivity index is 1.23. The molecular weight excluding hydrogens is 214 g/mol. The minimum atomic E-state index is 0.373. The van der Waals surface area contributed by atoms with Crippen LogP contribution in [0.25, 0.3) is 0 Å². The predicted molar refractivity (Wildman–Crippen MR) is 67.0 cm³/mol. The highest BCUT2D eigenvalue weighted by Gasteiger charge is 2.38. The maximum absolute atomic E-state index is 5.67. The molecule has 98 valence electrons. The highest BCUT2D eigenvalue weighted by molar-refractivity contribution is 4.93. The highest BCUT2D eigenvalue weighted by Crippen LogP contribution is 2.44. The second-order valence-electron chi connectivity index (χ2n) is 5.95. The van der Waals surface area contributed by atoms with Crippen LogP contribution in [0.3, 0.4) is 0 Å². The van der Waals surface area contributed by atoms with Crippen LogP contribution in [0.2, 0.25) is 0 Å². The van der Waals surface area contributed by atoms with Crippen molar-refractivity contribution in [1.29, 1.82) is 0 Å². The molecule has 17 heavy (non-hydrogen) atoms. The summed E-state index contributed by atoms with van der Waals surface area (Å²) in [6.45, 7) is 3.57. The van der Waals surface area contributed by atoms with Crippen LogP contribution in [0.5, 0.6) is 0 Å². The second-order valence-corrected chi connectivity index (χ2v) is 5.95. The van der Waals surface area contributed by atoms with Crippen LogP contribution in [-0.4, -0.2) is 38.5 Å². The van der Waals surface area contributed by atoms with Gasteiger partial charge < -0.3 is 14.8 Å². The molecule has 1 N–H and O–H groups in total. The molecule has 0 unspecified atom stereocenters. The predicted octanol–water partition coefficient (Wildman–Crippen LogP) is 1.96. The Morgan fingerprint density at radius 3 is 2.88 bits per heavy atom. The fourth-order valence-electron chi connectivity index (χ4n) is 3.80. The van der Waals surface area contributed by atoms with Crippen molar-refractivity contribution < 1.29 is 9.47 Å². The second kappa shape index (κ2) is 5.68. The zero-order valence-electron chi connectivity index (χ0n) is 10.7. The minimum Gasteiger partial charge on any atom is -0.377 e. The first-order valence-corrected chi connectivity index (χ1v) is 7.34. The van der Waals surface area contributed by atoms with Gasteiger partial charge >= 0.3 is 0 Å². The van der Waals surface area contributed by atoms with E-state index in [2.05, 4.69) is 5.32 Å². The van der Waals surface area contributed by atoms with Crippen molar-refractivity contribution in [3.05, 3.63) is 0 Å². The van der Waals surface area contributed by atoms with Gasteiger partial charge in [0.15, 0.2) is 0 Å². The Morgan fingerprint density at radius 2 is 2.18 bits per heavy atom. The first kappa shape index (κ1) is 11.9. The van der Waals surface area contributed by atoms with Crippen LogP contribution < -0.4 is 5.32 Å². The van der Waals surface area contributed by atoms with Gasteiger partial charge in [0.2, 0.25) is 0 Å². The third kappa shape index (κ3) is 3.01. The van der Waals surface area contributed by atoms with E-state index in [1.54, 1.807) is 0 Å². The molecule has 1 aliphatic heterocycles. The zero-order chi connectivity index (χ0) is 11.5. The maximum Gasteiger partial charge on any atom is 0.0809 e. The smallest absolute Gasteiger partial charge is 0.0809 e. The Morgan fingerprint density at radius 1 is 1.18 bits per heavy atom. The molecule has 1 heterocycles. The Hall–Kier alpha value is -0.120. The van der Waals surface area contributed by atoms with Gasteiger partial charge in [-0.3, -0.25) is 0 Å². The molecule has 0 radical (unpaired) electrons. The van der Waals surface area contributed by atoms with Crippen LogP contribution in [-0.2, 0) is 9.47 Å². The fraction of sp³-hybridized carbons (Fsp3) is 1.00. The SMILES string of the molecule is C1CO[C@@H](COCCN[C@H]2C[C@H]3CC[C@H]2C3)C1. The van der Waals surface area contributed by atoms with Crippen LogP contribution in [0, 0.1) is 11.8 Å². The molecule has 0 aromatic heterocycles. The molecule has 2 aliphatic carbocycles. The number of hydrogen-bond acceptors (Lipinski definition) is 3. The summed E-state index contributed by atoms with van der Waals surface area (Å²) < 4.78 is 11.2. The quantitative estimate of drug-likeness (QED) is 0.719. The van der Waals surface area contributed by atoms with E-state index in [4.69, 9.17) is 9.47 Å². The van der Waals surface area contributed by atoms with Crippen molar-refractivity contribution in [3.8, 4) is 0 Å². The van der Waals surface area contributed by atoms with Gasteiger partial charge in [0, 0.05) is 19.2 Å². The fourth-order valence-corrected chi connectivity index (χ4v) is 3.80. The summed E-state index contributed by atoms with van der Waals surface area (Å²) in [5.41, 5.74) is 0. The van der Waals surface area contributed by atoms with Gasteiger partial charge in [0.05, 0.1) is 19.3 Å². The lowest BCUT2D eigenvalue weighted by atomic mass is 9.95. The molecule has 3 fully saturated rings. The standard InChI is InChI=1S/C14H25NO2/c1-2-13(17-6-1)10-16-7-5-15-14-9-11-3-4-12(14)8-11/h11-15H,1-10H2/t11-,12-,13+,14-/m0/s1. The van der Waals surface area contributed by atoms with Crippen molar-refractivity contribution >= 4 is 0 Å². The number of nitrogens with one attached hydrogen (secondary N) is 1. The lowest BCUT2D eigenvalue weighted by Crippen LogP contribution is -2.36. The first-order chi connectivity index (χ1) is 8.42. The summed E-state index contributed by atoms with van der Waals surface area (Å²) in [6, 6.07) is 0.792. The number of rotatable bonds is 6. The molecule has 0 amide bonds. The topological polar surface area (TPSA) is 30.5 Å². The van der Waals surface area contributed by atoms with Crippen LogP contribution in [0.1, 0.15) is 38.5 Å². The monoisotopic (exact) mass is 239 g/mol. The number of hydrogen-bond donors (Lipinski definition) is 1. The van der Waals surface area contributed by atoms with E-state index in [0.29, 0.717) is 6.10 Å². The lowest BCUT2D eigenvalue weighted by molar-refractivity contribution is 0.0175. The van der Waals surface area contributed by atoms with Gasteiger partial charge in [-0.1, -0.05) is 6.42 Å². The van der Waals surface area contributed by atoms with Crippen molar-refractivity contribution in [1.82, 2.24) is 5.32 Å². The van der Waals surface area contributed by atoms with Gasteiger partial charge in [0.1, 0.15) is 0 Å². The van der Waals surface area contributed by atoms with Crippen molar-refractivity contribution in [2.75, 3.05) is 26.4 Å². The van der Waals surface area contributed by atoms with Gasteiger partial charge in [-0.2, -0.15) is 0 Å². The summed E-state index contributed by atoms with van der Waals surface area (Å²) >= 11 is 0. The van der Waals surface area contributed by atoms with Gasteiger partial charge in [-0.15, -0.1) is 0 Å². The molecule has 3 nitrogen and oxygen atoms in total. The molecule has 0 aromatic rings. The van der Waals surface area contributed by atoms with E-state index in [0.717, 1.165) is 44.2 Å². The summed E-state index contributed by atoms with van der Waals surface area (Å²) in [5, 5.41) is 3.67. The van der Waals surface area contributed by atoms with E-state index >= 15 is 0 Å². The summed E-state index contributed by atoms with van der Waals surface area (Å²) in [7, 11) is 0. The van der Waals surface area contributed by atoms with Crippen LogP contribution >= 0.6 is 0 Å². The molecule has 2 bridgehead atoms. The van der Waals surface area contributed by atoms with Crippen LogP contribution in [0.4, 0.5) is 0 Å². The Labute approximate surface area is 104 Å². The lowest BCUT2D eigenvalue weighted by Gasteiger charge is -2.23. The third-order valence-corrected chi connectivity index (χ3v) is 4.72. The first-order valence-electron chi connectivity index (χ1n) is 7.34. The largest absolute Gasteiger partial charge is 0.377 e. The summed E-state index contributed by atoms with van der Waals surface area (Å²) in [6.07, 6.45) is 8.59. The normalized spacial score (nSPS) is 40.2. The van der Waals surface area contributed by atoms with E-state index in [1.807, 2.05) is 0 Å². The third-order valence-electron chi connectivity index (χ3n) is 4.72. The van der Waals surface area contributed by atoms with Crippen molar-refractivity contribution in [2.24, 2.45) is 11.8 Å². The molecule has 3 rings (SSSR count). The Bertz CT molecular complexity index is 240. The van der Waals surface area contributed by atoms with E-state index in [1.165, 1.54) is 38.5 Å². The average molecular weight is 239 g/mol. The van der Waals surface area contributed by atoms with Crippen LogP contribution in [0.15, 0.2) is 0 Å². The molecule has 1 saturated heterocycles. The minimum absolute atomic E-state index is 0.373. The number of ether oxygens (including phenoxy) is 2. The van der Waals surface area contributed by atoms with E-state index in [9.17, 15) is 0 Å². The molecule has 0 spiro atoms. The van der Waals surface area contributed by atoms with Crippen molar-refractivity contribution in [2.45, 2.75) is 50.7 Å². The summed E-state index contributed by atoms with van der Waals surface area (Å²) in [5.74, 6) is 2.00. The van der Waals surface area contributed by atoms with E-state index < -0.39 is 0 Å². The average Bonchev–Trinajstić information content (AvgIpc) is 3.05. The highest BCUT2D eigenvalue weighted by atomic mass is 16.5. The molecule has 3 aliphatic rings. The molecule has 4 atom stereocenters. The Kier molecular flexibility index (Phi) is 3.99.